The molecule has 2 nitrogen and oxygen atoms in total. The zero-order valence-electron chi connectivity index (χ0n) is 10.2. The number of hydrogen-bond acceptors (Lipinski definition) is 3. The molecule has 90 valence electrons. The molecule has 0 radical (unpaired) electrons. The minimum Gasteiger partial charge on any atom is -0.396 e. The van der Waals surface area contributed by atoms with Crippen LogP contribution in [-0.4, -0.2) is 16.7 Å². The zero-order valence-corrected chi connectivity index (χ0v) is 11.0. The van der Waals surface area contributed by atoms with Crippen molar-refractivity contribution in [3.8, 4) is 10.4 Å². The first-order chi connectivity index (χ1) is 8.24. The number of aliphatic hydroxyl groups is 1. The van der Waals surface area contributed by atoms with E-state index in [2.05, 4.69) is 36.2 Å². The van der Waals surface area contributed by atoms with Gasteiger partial charge in [0.25, 0.3) is 0 Å². The summed E-state index contributed by atoms with van der Waals surface area (Å²) in [4.78, 5) is 5.70. The van der Waals surface area contributed by atoms with Gasteiger partial charge in [-0.3, -0.25) is 0 Å². The second kappa shape index (κ2) is 5.43. The molecule has 2 aromatic rings. The first kappa shape index (κ1) is 12.3. The Bertz CT molecular complexity index is 487. The number of nitrogens with zero attached hydrogens (tertiary/aromatic N) is 1. The quantitative estimate of drug-likeness (QED) is 0.900. The van der Waals surface area contributed by atoms with E-state index in [4.69, 9.17) is 5.11 Å². The van der Waals surface area contributed by atoms with Crippen molar-refractivity contribution in [2.45, 2.75) is 26.7 Å². The third-order valence-electron chi connectivity index (χ3n) is 2.79. The fourth-order valence-corrected chi connectivity index (χ4v) is 2.87. The van der Waals surface area contributed by atoms with E-state index in [0.29, 0.717) is 6.42 Å². The Balaban J connectivity index is 2.31. The Morgan fingerprint density at radius 2 is 1.94 bits per heavy atom. The SMILES string of the molecule is CCc1ccc(-c2sc(CCO)nc2C)cc1. The van der Waals surface area contributed by atoms with Crippen LogP contribution in [0.3, 0.4) is 0 Å². The lowest BCUT2D eigenvalue weighted by atomic mass is 10.1. The first-order valence-electron chi connectivity index (χ1n) is 5.91. The molecule has 0 saturated heterocycles. The van der Waals surface area contributed by atoms with Gasteiger partial charge in [0, 0.05) is 13.0 Å². The van der Waals surface area contributed by atoms with Gasteiger partial charge in [-0.05, 0) is 24.5 Å². The predicted molar refractivity (Wildman–Crippen MR) is 72.5 cm³/mol. The maximum Gasteiger partial charge on any atom is 0.0957 e. The van der Waals surface area contributed by atoms with Gasteiger partial charge in [0.05, 0.1) is 15.6 Å². The van der Waals surface area contributed by atoms with Crippen LogP contribution < -0.4 is 0 Å². The highest BCUT2D eigenvalue weighted by molar-refractivity contribution is 7.15. The Kier molecular flexibility index (Phi) is 3.92. The van der Waals surface area contributed by atoms with E-state index in [1.807, 2.05) is 6.92 Å². The molecule has 1 aromatic carbocycles. The van der Waals surface area contributed by atoms with E-state index in [9.17, 15) is 0 Å². The molecule has 1 aromatic heterocycles. The molecular weight excluding hydrogens is 230 g/mol. The van der Waals surface area contributed by atoms with Crippen LogP contribution in [0.4, 0.5) is 0 Å². The summed E-state index contributed by atoms with van der Waals surface area (Å²) in [5, 5.41) is 9.94. The third kappa shape index (κ3) is 2.73. The van der Waals surface area contributed by atoms with Crippen molar-refractivity contribution >= 4 is 11.3 Å². The molecule has 0 saturated carbocycles. The highest BCUT2D eigenvalue weighted by Gasteiger charge is 2.09. The van der Waals surface area contributed by atoms with Crippen LogP contribution in [0.2, 0.25) is 0 Å². The lowest BCUT2D eigenvalue weighted by Crippen LogP contribution is -1.88. The van der Waals surface area contributed by atoms with Crippen LogP contribution in [0.15, 0.2) is 24.3 Å². The molecular formula is C14H17NOS. The van der Waals surface area contributed by atoms with E-state index in [1.54, 1.807) is 11.3 Å². The lowest BCUT2D eigenvalue weighted by Gasteiger charge is -2.00. The van der Waals surface area contributed by atoms with Crippen LogP contribution >= 0.6 is 11.3 Å². The van der Waals surface area contributed by atoms with Crippen LogP contribution in [-0.2, 0) is 12.8 Å². The second-order valence-corrected chi connectivity index (χ2v) is 5.13. The topological polar surface area (TPSA) is 33.1 Å². The van der Waals surface area contributed by atoms with E-state index in [-0.39, 0.29) is 6.61 Å². The van der Waals surface area contributed by atoms with Gasteiger partial charge in [0.2, 0.25) is 0 Å². The number of benzene rings is 1. The average molecular weight is 247 g/mol. The number of aliphatic hydroxyl groups excluding tert-OH is 1. The normalized spacial score (nSPS) is 10.8. The van der Waals surface area contributed by atoms with Gasteiger partial charge < -0.3 is 5.11 Å². The first-order valence-corrected chi connectivity index (χ1v) is 6.72. The maximum absolute atomic E-state index is 8.93. The monoisotopic (exact) mass is 247 g/mol. The number of hydrogen-bond donors (Lipinski definition) is 1. The van der Waals surface area contributed by atoms with Gasteiger partial charge in [-0.2, -0.15) is 0 Å². The summed E-state index contributed by atoms with van der Waals surface area (Å²) in [7, 11) is 0. The van der Waals surface area contributed by atoms with Crippen molar-refractivity contribution < 1.29 is 5.11 Å². The molecule has 1 N–H and O–H groups in total. The van der Waals surface area contributed by atoms with Crippen LogP contribution in [0.25, 0.3) is 10.4 Å². The van der Waals surface area contributed by atoms with Crippen molar-refractivity contribution in [2.75, 3.05) is 6.61 Å². The summed E-state index contributed by atoms with van der Waals surface area (Å²) >= 11 is 1.68. The van der Waals surface area contributed by atoms with Crippen molar-refractivity contribution in [3.63, 3.8) is 0 Å². The van der Waals surface area contributed by atoms with Crippen molar-refractivity contribution in [1.29, 1.82) is 0 Å². The molecule has 0 bridgehead atoms. The van der Waals surface area contributed by atoms with Gasteiger partial charge in [-0.1, -0.05) is 31.2 Å². The second-order valence-electron chi connectivity index (χ2n) is 4.05. The summed E-state index contributed by atoms with van der Waals surface area (Å²) < 4.78 is 0. The standard InChI is InChI=1S/C14H17NOS/c1-3-11-4-6-12(7-5-11)14-10(2)15-13(17-14)8-9-16/h4-7,16H,3,8-9H2,1-2H3. The number of thiazole rings is 1. The Morgan fingerprint density at radius 3 is 2.53 bits per heavy atom. The Morgan fingerprint density at radius 1 is 1.24 bits per heavy atom. The van der Waals surface area contributed by atoms with Gasteiger partial charge in [-0.25, -0.2) is 4.98 Å². The average Bonchev–Trinajstić information content (AvgIpc) is 2.71. The molecule has 0 aliphatic heterocycles. The van der Waals surface area contributed by atoms with E-state index in [1.165, 1.54) is 16.0 Å². The highest BCUT2D eigenvalue weighted by Crippen LogP contribution is 2.30. The minimum absolute atomic E-state index is 0.168. The van der Waals surface area contributed by atoms with Crippen molar-refractivity contribution in [3.05, 3.63) is 40.5 Å². The molecule has 17 heavy (non-hydrogen) atoms. The summed E-state index contributed by atoms with van der Waals surface area (Å²) in [6, 6.07) is 8.64. The van der Waals surface area contributed by atoms with Crippen molar-refractivity contribution in [2.24, 2.45) is 0 Å². The molecule has 0 aliphatic rings. The largest absolute Gasteiger partial charge is 0.396 e. The molecule has 3 heteroatoms. The third-order valence-corrected chi connectivity index (χ3v) is 4.06. The molecule has 0 atom stereocenters. The van der Waals surface area contributed by atoms with Gasteiger partial charge >= 0.3 is 0 Å². The molecule has 2 rings (SSSR count). The molecule has 0 fully saturated rings. The van der Waals surface area contributed by atoms with E-state index < -0.39 is 0 Å². The summed E-state index contributed by atoms with van der Waals surface area (Å²) in [6.07, 6.45) is 1.72. The predicted octanol–water partition coefficient (Wildman–Crippen LogP) is 3.22. The molecule has 0 aliphatic carbocycles. The van der Waals surface area contributed by atoms with E-state index in [0.717, 1.165) is 17.1 Å². The van der Waals surface area contributed by atoms with Gasteiger partial charge in [0.15, 0.2) is 0 Å². The van der Waals surface area contributed by atoms with Crippen LogP contribution in [0.5, 0.6) is 0 Å². The molecule has 0 spiro atoms. The smallest absolute Gasteiger partial charge is 0.0957 e. The Hall–Kier alpha value is -1.19. The van der Waals surface area contributed by atoms with Crippen molar-refractivity contribution in [1.82, 2.24) is 4.98 Å². The maximum atomic E-state index is 8.93. The van der Waals surface area contributed by atoms with Crippen LogP contribution in [0, 0.1) is 6.92 Å². The van der Waals surface area contributed by atoms with Crippen LogP contribution in [0.1, 0.15) is 23.2 Å². The molecule has 0 unspecified atom stereocenters. The fourth-order valence-electron chi connectivity index (χ4n) is 1.81. The van der Waals surface area contributed by atoms with Gasteiger partial charge in [-0.15, -0.1) is 11.3 Å². The molecule has 1 heterocycles. The summed E-state index contributed by atoms with van der Waals surface area (Å²) in [6.45, 7) is 4.36. The summed E-state index contributed by atoms with van der Waals surface area (Å²) in [5.41, 5.74) is 3.63. The zero-order chi connectivity index (χ0) is 12.3. The number of rotatable bonds is 4. The number of aromatic nitrogens is 1. The lowest BCUT2D eigenvalue weighted by molar-refractivity contribution is 0.299. The van der Waals surface area contributed by atoms with E-state index >= 15 is 0 Å². The van der Waals surface area contributed by atoms with Gasteiger partial charge in [0.1, 0.15) is 0 Å². The summed E-state index contributed by atoms with van der Waals surface area (Å²) in [5.74, 6) is 0. The molecule has 0 amide bonds. The fraction of sp³-hybridized carbons (Fsp3) is 0.357. The number of aryl methyl sites for hydroxylation is 2. The Labute approximate surface area is 106 Å². The highest BCUT2D eigenvalue weighted by atomic mass is 32.1. The minimum atomic E-state index is 0.168.